The topological polar surface area (TPSA) is 59.3 Å². The lowest BCUT2D eigenvalue weighted by atomic mass is 10.1. The molecule has 0 atom stereocenters. The van der Waals surface area contributed by atoms with Crippen LogP contribution in [0.1, 0.15) is 15.9 Å². The minimum Gasteiger partial charge on any atom is -0.506 e. The standard InChI is InChI=1S/C21H17NO3/c1-22-17-13-7-6-12-16(17)20(24)19(21(22)25)18(23)14-8-5-11-15-9-3-2-4-10-15/h2-14,24H,1H3/b11-5+,14-8+. The van der Waals surface area contributed by atoms with Crippen molar-refractivity contribution < 1.29 is 9.90 Å². The van der Waals surface area contributed by atoms with E-state index < -0.39 is 11.3 Å². The van der Waals surface area contributed by atoms with Crippen LogP contribution >= 0.6 is 0 Å². The zero-order valence-electron chi connectivity index (χ0n) is 13.7. The molecule has 124 valence electrons. The van der Waals surface area contributed by atoms with E-state index in [1.165, 1.54) is 10.6 Å². The third-order valence-corrected chi connectivity index (χ3v) is 3.97. The van der Waals surface area contributed by atoms with E-state index in [4.69, 9.17) is 0 Å². The third kappa shape index (κ3) is 3.28. The average molecular weight is 331 g/mol. The maximum Gasteiger partial charge on any atom is 0.265 e. The summed E-state index contributed by atoms with van der Waals surface area (Å²) in [6.07, 6.45) is 6.41. The van der Waals surface area contributed by atoms with Crippen molar-refractivity contribution in [2.24, 2.45) is 7.05 Å². The summed E-state index contributed by atoms with van der Waals surface area (Å²) >= 11 is 0. The number of aryl methyl sites for hydroxylation is 1. The second-order valence-electron chi connectivity index (χ2n) is 5.60. The Morgan fingerprint density at radius 1 is 1.00 bits per heavy atom. The predicted molar refractivity (Wildman–Crippen MR) is 99.8 cm³/mol. The average Bonchev–Trinajstić information content (AvgIpc) is 2.64. The number of fused-ring (bicyclic) bond motifs is 1. The van der Waals surface area contributed by atoms with Crippen LogP contribution in [-0.2, 0) is 7.05 Å². The number of aromatic nitrogens is 1. The van der Waals surface area contributed by atoms with E-state index in [1.54, 1.807) is 43.5 Å². The van der Waals surface area contributed by atoms with Gasteiger partial charge in [-0.05, 0) is 23.8 Å². The van der Waals surface area contributed by atoms with Crippen molar-refractivity contribution in [3.8, 4) is 5.75 Å². The van der Waals surface area contributed by atoms with Crippen LogP contribution in [-0.4, -0.2) is 15.5 Å². The number of carbonyl (C=O) groups excluding carboxylic acids is 1. The van der Waals surface area contributed by atoms with Gasteiger partial charge in [-0.3, -0.25) is 9.59 Å². The van der Waals surface area contributed by atoms with E-state index >= 15 is 0 Å². The quantitative estimate of drug-likeness (QED) is 0.450. The summed E-state index contributed by atoms with van der Waals surface area (Å²) in [6, 6.07) is 16.6. The molecule has 0 spiro atoms. The number of hydrogen-bond acceptors (Lipinski definition) is 3. The van der Waals surface area contributed by atoms with Crippen molar-refractivity contribution in [3.05, 3.63) is 94.3 Å². The molecule has 0 aliphatic carbocycles. The van der Waals surface area contributed by atoms with Gasteiger partial charge in [0, 0.05) is 12.4 Å². The Morgan fingerprint density at radius 3 is 2.44 bits per heavy atom. The van der Waals surface area contributed by atoms with Crippen molar-refractivity contribution in [1.29, 1.82) is 0 Å². The van der Waals surface area contributed by atoms with Crippen molar-refractivity contribution in [2.75, 3.05) is 0 Å². The molecule has 0 saturated carbocycles. The summed E-state index contributed by atoms with van der Waals surface area (Å²) in [5.74, 6) is -0.804. The van der Waals surface area contributed by atoms with Gasteiger partial charge in [0.2, 0.25) is 0 Å². The highest BCUT2D eigenvalue weighted by Gasteiger charge is 2.18. The van der Waals surface area contributed by atoms with Gasteiger partial charge in [0.25, 0.3) is 5.56 Å². The molecule has 0 aliphatic rings. The van der Waals surface area contributed by atoms with Gasteiger partial charge in [-0.2, -0.15) is 0 Å². The first-order chi connectivity index (χ1) is 12.1. The van der Waals surface area contributed by atoms with Crippen molar-refractivity contribution in [1.82, 2.24) is 4.57 Å². The maximum atomic E-state index is 12.4. The monoisotopic (exact) mass is 331 g/mol. The number of ketones is 1. The first-order valence-corrected chi connectivity index (χ1v) is 7.84. The number of pyridine rings is 1. The number of hydrogen-bond donors (Lipinski definition) is 1. The highest BCUT2D eigenvalue weighted by molar-refractivity contribution is 6.09. The summed E-state index contributed by atoms with van der Waals surface area (Å²) in [7, 11) is 1.58. The lowest BCUT2D eigenvalue weighted by molar-refractivity contribution is 0.104. The predicted octanol–water partition coefficient (Wildman–Crippen LogP) is 3.70. The molecule has 0 radical (unpaired) electrons. The van der Waals surface area contributed by atoms with Gasteiger partial charge >= 0.3 is 0 Å². The van der Waals surface area contributed by atoms with Gasteiger partial charge in [0.05, 0.1) is 5.52 Å². The largest absolute Gasteiger partial charge is 0.506 e. The molecule has 2 aromatic carbocycles. The molecular weight excluding hydrogens is 314 g/mol. The summed E-state index contributed by atoms with van der Waals surface area (Å²) in [5.41, 5.74) is 0.849. The molecule has 0 aliphatic heterocycles. The highest BCUT2D eigenvalue weighted by atomic mass is 16.3. The van der Waals surface area contributed by atoms with E-state index in [9.17, 15) is 14.7 Å². The first kappa shape index (κ1) is 16.5. The van der Waals surface area contributed by atoms with Gasteiger partial charge in [0.15, 0.2) is 5.78 Å². The highest BCUT2D eigenvalue weighted by Crippen LogP contribution is 2.26. The van der Waals surface area contributed by atoms with Gasteiger partial charge < -0.3 is 9.67 Å². The summed E-state index contributed by atoms with van der Waals surface area (Å²) in [6.45, 7) is 0. The number of aromatic hydroxyl groups is 1. The molecule has 0 fully saturated rings. The molecule has 3 aromatic rings. The third-order valence-electron chi connectivity index (χ3n) is 3.97. The van der Waals surface area contributed by atoms with Crippen LogP contribution in [0.15, 0.2) is 77.6 Å². The van der Waals surface area contributed by atoms with Gasteiger partial charge in [-0.15, -0.1) is 0 Å². The fourth-order valence-corrected chi connectivity index (χ4v) is 2.66. The van der Waals surface area contributed by atoms with Gasteiger partial charge in [-0.1, -0.05) is 60.7 Å². The Labute approximate surface area is 145 Å². The molecule has 1 heterocycles. The van der Waals surface area contributed by atoms with E-state index in [0.717, 1.165) is 5.56 Å². The summed E-state index contributed by atoms with van der Waals surface area (Å²) in [5, 5.41) is 10.8. The Hall–Kier alpha value is -3.40. The number of para-hydroxylation sites is 1. The second kappa shape index (κ2) is 7.01. The van der Waals surface area contributed by atoms with E-state index in [-0.39, 0.29) is 11.3 Å². The molecule has 1 N–H and O–H groups in total. The lowest BCUT2D eigenvalue weighted by Gasteiger charge is -2.09. The zero-order valence-corrected chi connectivity index (χ0v) is 13.7. The molecule has 3 rings (SSSR count). The Morgan fingerprint density at radius 2 is 1.68 bits per heavy atom. The Bertz CT molecular complexity index is 1040. The molecule has 4 nitrogen and oxygen atoms in total. The molecule has 0 bridgehead atoms. The fourth-order valence-electron chi connectivity index (χ4n) is 2.66. The molecule has 25 heavy (non-hydrogen) atoms. The Kier molecular flexibility index (Phi) is 4.61. The first-order valence-electron chi connectivity index (χ1n) is 7.84. The van der Waals surface area contributed by atoms with E-state index in [0.29, 0.717) is 10.9 Å². The number of carbonyl (C=O) groups is 1. The summed E-state index contributed by atoms with van der Waals surface area (Å²) < 4.78 is 1.37. The smallest absolute Gasteiger partial charge is 0.265 e. The van der Waals surface area contributed by atoms with Crippen molar-refractivity contribution in [3.63, 3.8) is 0 Å². The van der Waals surface area contributed by atoms with Crippen LogP contribution in [0.25, 0.3) is 17.0 Å². The lowest BCUT2D eigenvalue weighted by Crippen LogP contribution is -2.24. The SMILES string of the molecule is Cn1c(=O)c(C(=O)/C=C/C=C/c2ccccc2)c(O)c2ccccc21. The molecule has 0 amide bonds. The molecule has 0 saturated heterocycles. The minimum atomic E-state index is -0.526. The van der Waals surface area contributed by atoms with Crippen molar-refractivity contribution in [2.45, 2.75) is 0 Å². The normalized spacial score (nSPS) is 11.6. The second-order valence-corrected chi connectivity index (χ2v) is 5.60. The molecule has 0 unspecified atom stereocenters. The Balaban J connectivity index is 1.94. The minimum absolute atomic E-state index is 0.217. The molecular formula is C21H17NO3. The maximum absolute atomic E-state index is 12.4. The van der Waals surface area contributed by atoms with Gasteiger partial charge in [-0.25, -0.2) is 0 Å². The number of rotatable bonds is 4. The summed E-state index contributed by atoms with van der Waals surface area (Å²) in [4.78, 5) is 24.8. The zero-order chi connectivity index (χ0) is 17.8. The fraction of sp³-hybridized carbons (Fsp3) is 0.0476. The van der Waals surface area contributed by atoms with Crippen LogP contribution in [0.4, 0.5) is 0 Å². The van der Waals surface area contributed by atoms with Crippen LogP contribution in [0.3, 0.4) is 0 Å². The van der Waals surface area contributed by atoms with Crippen molar-refractivity contribution >= 4 is 22.8 Å². The van der Waals surface area contributed by atoms with E-state index in [2.05, 4.69) is 0 Å². The number of allylic oxidation sites excluding steroid dienone is 3. The van der Waals surface area contributed by atoms with E-state index in [1.807, 2.05) is 36.4 Å². The van der Waals surface area contributed by atoms with Crippen LogP contribution in [0.2, 0.25) is 0 Å². The number of benzene rings is 2. The number of nitrogens with zero attached hydrogens (tertiary/aromatic N) is 1. The molecule has 1 aromatic heterocycles. The van der Waals surface area contributed by atoms with Crippen LogP contribution < -0.4 is 5.56 Å². The van der Waals surface area contributed by atoms with Gasteiger partial charge in [0.1, 0.15) is 11.3 Å². The van der Waals surface area contributed by atoms with Crippen LogP contribution in [0.5, 0.6) is 5.75 Å². The van der Waals surface area contributed by atoms with Crippen LogP contribution in [0, 0.1) is 0 Å². The molecule has 4 heteroatoms.